The van der Waals surface area contributed by atoms with E-state index < -0.39 is 5.79 Å². The lowest BCUT2D eigenvalue weighted by Crippen LogP contribution is -2.42. The number of fused-ring (bicyclic) bond motifs is 1. The monoisotopic (exact) mass is 329 g/mol. The summed E-state index contributed by atoms with van der Waals surface area (Å²) in [6.07, 6.45) is 4.82. The van der Waals surface area contributed by atoms with Crippen molar-refractivity contribution in [2.24, 2.45) is 11.3 Å². The largest absolute Gasteiger partial charge is 0.348 e. The molecule has 1 aromatic carbocycles. The number of benzene rings is 1. The van der Waals surface area contributed by atoms with Crippen molar-refractivity contribution < 1.29 is 19.1 Å². The molecule has 1 amide bonds. The van der Waals surface area contributed by atoms with Crippen LogP contribution in [0.15, 0.2) is 24.3 Å². The van der Waals surface area contributed by atoms with Crippen LogP contribution in [-0.4, -0.2) is 49.7 Å². The zero-order valence-corrected chi connectivity index (χ0v) is 14.0. The lowest BCUT2D eigenvalue weighted by Gasteiger charge is -2.38. The van der Waals surface area contributed by atoms with Gasteiger partial charge in [-0.3, -0.25) is 9.59 Å². The zero-order valence-electron chi connectivity index (χ0n) is 14.0. The van der Waals surface area contributed by atoms with Crippen LogP contribution in [0.5, 0.6) is 0 Å². The molecule has 2 saturated carbocycles. The van der Waals surface area contributed by atoms with E-state index in [9.17, 15) is 9.59 Å². The van der Waals surface area contributed by atoms with Gasteiger partial charge in [0.2, 0.25) is 0 Å². The molecule has 0 aromatic heterocycles. The van der Waals surface area contributed by atoms with Crippen LogP contribution in [0.1, 0.15) is 46.4 Å². The summed E-state index contributed by atoms with van der Waals surface area (Å²) in [5.74, 6) is 0.149. The quantitative estimate of drug-likeness (QED) is 0.797. The Morgan fingerprint density at radius 2 is 2.08 bits per heavy atom. The van der Waals surface area contributed by atoms with Gasteiger partial charge in [0.05, 0.1) is 18.8 Å². The second-order valence-corrected chi connectivity index (χ2v) is 7.45. The normalized spacial score (nSPS) is 30.0. The van der Waals surface area contributed by atoms with E-state index in [2.05, 4.69) is 0 Å². The average molecular weight is 329 g/mol. The molecule has 128 valence electrons. The van der Waals surface area contributed by atoms with E-state index in [4.69, 9.17) is 9.47 Å². The molecule has 24 heavy (non-hydrogen) atoms. The van der Waals surface area contributed by atoms with Crippen LogP contribution in [-0.2, 0) is 9.47 Å². The Morgan fingerprint density at radius 1 is 1.33 bits per heavy atom. The molecular weight excluding hydrogens is 306 g/mol. The molecule has 1 aromatic rings. The molecule has 0 radical (unpaired) electrons. The number of hydrogen-bond donors (Lipinski definition) is 0. The van der Waals surface area contributed by atoms with E-state index in [0.29, 0.717) is 36.8 Å². The molecule has 1 spiro atoms. The fourth-order valence-corrected chi connectivity index (χ4v) is 4.61. The van der Waals surface area contributed by atoms with Gasteiger partial charge in [-0.2, -0.15) is 0 Å². The molecule has 5 heteroatoms. The van der Waals surface area contributed by atoms with Crippen molar-refractivity contribution in [3.8, 4) is 0 Å². The van der Waals surface area contributed by atoms with Crippen LogP contribution in [0, 0.1) is 11.3 Å². The predicted octanol–water partition coefficient (Wildman–Crippen LogP) is 2.50. The maximum atomic E-state index is 12.8. The number of rotatable bonds is 4. The Morgan fingerprint density at radius 3 is 2.83 bits per heavy atom. The molecule has 2 unspecified atom stereocenters. The third kappa shape index (κ3) is 2.56. The van der Waals surface area contributed by atoms with Gasteiger partial charge in [0.15, 0.2) is 12.1 Å². The molecule has 1 saturated heterocycles. The predicted molar refractivity (Wildman–Crippen MR) is 87.8 cm³/mol. The first-order valence-corrected chi connectivity index (χ1v) is 8.65. The van der Waals surface area contributed by atoms with Crippen LogP contribution < -0.4 is 0 Å². The van der Waals surface area contributed by atoms with Gasteiger partial charge in [-0.15, -0.1) is 0 Å². The highest BCUT2D eigenvalue weighted by Gasteiger charge is 2.63. The minimum Gasteiger partial charge on any atom is -0.348 e. The molecular formula is C19H23NO4. The highest BCUT2D eigenvalue weighted by atomic mass is 16.7. The van der Waals surface area contributed by atoms with E-state index in [-0.39, 0.29) is 11.3 Å². The maximum Gasteiger partial charge on any atom is 0.254 e. The number of carbonyl (C=O) groups excluding carboxylic acids is 2. The summed E-state index contributed by atoms with van der Waals surface area (Å²) in [7, 11) is 1.83. The fourth-order valence-electron chi connectivity index (χ4n) is 4.61. The van der Waals surface area contributed by atoms with Crippen LogP contribution in [0.3, 0.4) is 0 Å². The van der Waals surface area contributed by atoms with Crippen molar-refractivity contribution in [1.29, 1.82) is 0 Å². The second kappa shape index (κ2) is 5.67. The third-order valence-corrected chi connectivity index (χ3v) is 5.88. The molecule has 2 atom stereocenters. The van der Waals surface area contributed by atoms with Gasteiger partial charge in [-0.1, -0.05) is 18.2 Å². The van der Waals surface area contributed by atoms with Gasteiger partial charge in [-0.05, 0) is 30.2 Å². The maximum absolute atomic E-state index is 12.8. The number of ether oxygens (including phenoxy) is 2. The summed E-state index contributed by atoms with van der Waals surface area (Å²) in [5.41, 5.74) is 1.03. The number of amides is 1. The fraction of sp³-hybridized carbons (Fsp3) is 0.579. The molecule has 3 fully saturated rings. The Balaban J connectivity index is 1.49. The number of nitrogens with zero attached hydrogens (tertiary/aromatic N) is 1. The van der Waals surface area contributed by atoms with Crippen LogP contribution in [0.4, 0.5) is 0 Å². The summed E-state index contributed by atoms with van der Waals surface area (Å²) >= 11 is 0. The molecule has 0 N–H and O–H groups in total. The van der Waals surface area contributed by atoms with Crippen molar-refractivity contribution in [3.63, 3.8) is 0 Å². The lowest BCUT2D eigenvalue weighted by atomic mass is 9.83. The zero-order chi connectivity index (χ0) is 16.8. The van der Waals surface area contributed by atoms with Gasteiger partial charge in [-0.25, -0.2) is 0 Å². The smallest absolute Gasteiger partial charge is 0.254 e. The summed E-state index contributed by atoms with van der Waals surface area (Å²) in [5, 5.41) is 0. The SMILES string of the molecule is CN(CC12CC1CCC1(C2)OCCO1)C(=O)c1ccccc1C=O. The average Bonchev–Trinajstić information content (AvgIpc) is 3.11. The van der Waals surface area contributed by atoms with Crippen molar-refractivity contribution in [2.75, 3.05) is 26.8 Å². The molecule has 5 nitrogen and oxygen atoms in total. The van der Waals surface area contributed by atoms with Gasteiger partial charge in [0.25, 0.3) is 5.91 Å². The minimum atomic E-state index is -0.419. The standard InChI is InChI=1S/C19H23NO4/c1-20(17(22)16-5-3-2-4-14(16)11-21)13-18-10-15(18)6-7-19(12-18)23-8-9-24-19/h2-5,11,15H,6-10,12-13H2,1H3. The molecule has 0 bridgehead atoms. The Kier molecular flexibility index (Phi) is 3.73. The van der Waals surface area contributed by atoms with Crippen LogP contribution in [0.2, 0.25) is 0 Å². The summed E-state index contributed by atoms with van der Waals surface area (Å²) in [6.45, 7) is 2.03. The van der Waals surface area contributed by atoms with E-state index in [1.54, 1.807) is 29.2 Å². The summed E-state index contributed by atoms with van der Waals surface area (Å²) in [6, 6.07) is 6.97. The Bertz CT molecular complexity index is 667. The molecule has 2 aliphatic carbocycles. The third-order valence-electron chi connectivity index (χ3n) is 5.88. The number of hydrogen-bond acceptors (Lipinski definition) is 4. The van der Waals surface area contributed by atoms with Gasteiger partial charge < -0.3 is 14.4 Å². The first kappa shape index (κ1) is 15.8. The Hall–Kier alpha value is -1.72. The van der Waals surface area contributed by atoms with E-state index in [0.717, 1.165) is 32.0 Å². The molecule has 1 heterocycles. The van der Waals surface area contributed by atoms with E-state index in [1.165, 1.54) is 0 Å². The molecule has 3 aliphatic rings. The van der Waals surface area contributed by atoms with Gasteiger partial charge in [0.1, 0.15) is 0 Å². The molecule has 1 aliphatic heterocycles. The minimum absolute atomic E-state index is 0.0920. The van der Waals surface area contributed by atoms with E-state index >= 15 is 0 Å². The van der Waals surface area contributed by atoms with Gasteiger partial charge in [0, 0.05) is 32.0 Å². The van der Waals surface area contributed by atoms with Crippen LogP contribution >= 0.6 is 0 Å². The Labute approximate surface area is 141 Å². The van der Waals surface area contributed by atoms with Crippen molar-refractivity contribution in [2.45, 2.75) is 31.5 Å². The van der Waals surface area contributed by atoms with Crippen LogP contribution in [0.25, 0.3) is 0 Å². The highest BCUT2D eigenvalue weighted by molar-refractivity contribution is 6.01. The van der Waals surface area contributed by atoms with Crippen molar-refractivity contribution >= 4 is 12.2 Å². The second-order valence-electron chi connectivity index (χ2n) is 7.45. The van der Waals surface area contributed by atoms with Crippen molar-refractivity contribution in [3.05, 3.63) is 35.4 Å². The van der Waals surface area contributed by atoms with Gasteiger partial charge >= 0.3 is 0 Å². The molecule has 4 rings (SSSR count). The first-order chi connectivity index (χ1) is 11.6. The van der Waals surface area contributed by atoms with Crippen molar-refractivity contribution in [1.82, 2.24) is 4.90 Å². The highest BCUT2D eigenvalue weighted by Crippen LogP contribution is 2.65. The summed E-state index contributed by atoms with van der Waals surface area (Å²) in [4.78, 5) is 25.7. The summed E-state index contributed by atoms with van der Waals surface area (Å²) < 4.78 is 11.8. The topological polar surface area (TPSA) is 55.8 Å². The lowest BCUT2D eigenvalue weighted by molar-refractivity contribution is -0.189. The number of carbonyl (C=O) groups is 2. The number of aldehydes is 1. The van der Waals surface area contributed by atoms with E-state index in [1.807, 2.05) is 7.05 Å². The first-order valence-electron chi connectivity index (χ1n) is 8.65.